The second-order valence-corrected chi connectivity index (χ2v) is 20.2. The van der Waals surface area contributed by atoms with Gasteiger partial charge < -0.3 is 51.6 Å². The van der Waals surface area contributed by atoms with Crippen LogP contribution in [-0.2, 0) is 24.7 Å². The quantitative estimate of drug-likeness (QED) is 0.0909. The highest BCUT2D eigenvalue weighted by Crippen LogP contribution is 2.78. The average molecular weight is 940 g/mol. The van der Waals surface area contributed by atoms with Gasteiger partial charge in [0.05, 0.1) is 17.4 Å². The van der Waals surface area contributed by atoms with Crippen molar-refractivity contribution in [3.63, 3.8) is 0 Å². The Balaban J connectivity index is 0.000000257. The van der Waals surface area contributed by atoms with Crippen LogP contribution in [0.1, 0.15) is 86.0 Å². The minimum atomic E-state index is -4.67. The first-order chi connectivity index (χ1) is 29.2. The summed E-state index contributed by atoms with van der Waals surface area (Å²) < 4.78 is 44.2. The maximum Gasteiger partial charge on any atom is 0.394 e. The molecule has 0 amide bonds. The Hall–Kier alpha value is -3.38. The molecule has 12 N–H and O–H groups in total. The van der Waals surface area contributed by atoms with E-state index >= 15 is 0 Å². The summed E-state index contributed by atoms with van der Waals surface area (Å²) >= 11 is 0. The summed E-state index contributed by atoms with van der Waals surface area (Å²) in [6.45, 7) is 10.1. The van der Waals surface area contributed by atoms with Gasteiger partial charge in [0.25, 0.3) is 0 Å². The third-order valence-corrected chi connectivity index (χ3v) is 16.0. The Morgan fingerprint density at radius 1 is 0.922 bits per heavy atom. The minimum absolute atomic E-state index is 0. The van der Waals surface area contributed by atoms with E-state index in [0.29, 0.717) is 61.6 Å². The van der Waals surface area contributed by atoms with Crippen molar-refractivity contribution in [3.8, 4) is 0 Å². The standard InChI is InChI=1S/C32H49NO9.C11H11N5.ClH.H2O4S/c1-6-18(3)25(35)41-24-11-12-26(4)19-8-9-20-28(37)13-23(34)31(39)21(29(28,38)16-30(20,26)42-32(19,24)40)15-33-14-17(2)7-10-22(33)27(31,5)36;12-10-7-6-9(11(13)14-10)16-15-8-4-2-1-3-5-8;;1-5(2,3)4/h6,17,19-24,34,36-40H,7-16H2,1-5H3;1-7H,(H4,12,13,14);1H;(H2,1,2,3,4). The van der Waals surface area contributed by atoms with Crippen molar-refractivity contribution in [2.45, 2.75) is 138 Å². The number of nitrogen functional groups attached to an aromatic ring is 2. The van der Waals surface area contributed by atoms with Crippen molar-refractivity contribution >= 4 is 51.8 Å². The molecule has 0 radical (unpaired) electrons. The van der Waals surface area contributed by atoms with E-state index in [1.807, 2.05) is 37.3 Å². The molecule has 19 nitrogen and oxygen atoms in total. The maximum absolute atomic E-state index is 12.9. The minimum Gasteiger partial charge on any atom is -0.453 e. The number of carbonyl (C=O) groups excluding carboxylic acids is 1. The number of carbonyl (C=O) groups is 1. The molecular formula is C43H63ClN6O13S. The number of fused-ring (bicyclic) bond motifs is 5. The van der Waals surface area contributed by atoms with Crippen molar-refractivity contribution < 1.29 is 62.4 Å². The first-order valence-corrected chi connectivity index (χ1v) is 22.9. The lowest BCUT2D eigenvalue weighted by Gasteiger charge is -2.68. The van der Waals surface area contributed by atoms with Gasteiger partial charge in [-0.25, -0.2) is 9.78 Å². The van der Waals surface area contributed by atoms with Crippen LogP contribution in [-0.4, -0.2) is 129 Å². The van der Waals surface area contributed by atoms with E-state index in [4.69, 9.17) is 38.5 Å². The van der Waals surface area contributed by atoms with Crippen LogP contribution >= 0.6 is 12.4 Å². The lowest BCUT2D eigenvalue weighted by Crippen LogP contribution is -2.85. The zero-order valence-corrected chi connectivity index (χ0v) is 38.2. The highest BCUT2D eigenvalue weighted by molar-refractivity contribution is 7.79. The fourth-order valence-corrected chi connectivity index (χ4v) is 13.0. The van der Waals surface area contributed by atoms with Gasteiger partial charge in [0, 0.05) is 60.7 Å². The van der Waals surface area contributed by atoms with Gasteiger partial charge in [0.2, 0.25) is 5.79 Å². The van der Waals surface area contributed by atoms with Gasteiger partial charge >= 0.3 is 16.4 Å². The molecule has 3 aliphatic heterocycles. The van der Waals surface area contributed by atoms with Gasteiger partial charge in [0.15, 0.2) is 11.9 Å². The molecule has 4 saturated carbocycles. The fraction of sp³-hybridized carbons (Fsp3) is 0.674. The van der Waals surface area contributed by atoms with Crippen LogP contribution in [0.25, 0.3) is 0 Å². The van der Waals surface area contributed by atoms with Gasteiger partial charge in [-0.2, -0.15) is 13.5 Å². The zero-order chi connectivity index (χ0) is 46.3. The summed E-state index contributed by atoms with van der Waals surface area (Å²) in [5.74, 6) is -3.40. The number of nitrogens with zero attached hydrogens (tertiary/aromatic N) is 4. The van der Waals surface area contributed by atoms with E-state index in [1.165, 1.54) is 0 Å². The lowest BCUT2D eigenvalue weighted by molar-refractivity contribution is -0.354. The topological polar surface area (TPSA) is 324 Å². The number of ether oxygens (including phenoxy) is 2. The van der Waals surface area contributed by atoms with Crippen molar-refractivity contribution in [2.75, 3.05) is 24.6 Å². The van der Waals surface area contributed by atoms with E-state index in [1.54, 1.807) is 39.0 Å². The van der Waals surface area contributed by atoms with Crippen molar-refractivity contribution in [1.29, 1.82) is 0 Å². The number of azo groups is 1. The molecule has 64 heavy (non-hydrogen) atoms. The van der Waals surface area contributed by atoms with Crippen LogP contribution in [0.15, 0.2) is 64.3 Å². The Bertz CT molecular complexity index is 2250. The predicted octanol–water partition coefficient (Wildman–Crippen LogP) is 3.42. The summed E-state index contributed by atoms with van der Waals surface area (Å²) in [7, 11) is -4.67. The number of aliphatic hydroxyl groups excluding tert-OH is 1. The Morgan fingerprint density at radius 3 is 2.19 bits per heavy atom. The molecule has 21 heteroatoms. The van der Waals surface area contributed by atoms with E-state index in [9.17, 15) is 35.4 Å². The molecule has 14 atom stereocenters. The largest absolute Gasteiger partial charge is 0.453 e. The maximum atomic E-state index is 12.9. The van der Waals surface area contributed by atoms with Gasteiger partial charge in [-0.15, -0.1) is 17.5 Å². The average Bonchev–Trinajstić information content (AvgIpc) is 3.37. The number of aliphatic hydroxyl groups is 6. The van der Waals surface area contributed by atoms with Crippen LogP contribution in [0.4, 0.5) is 23.0 Å². The van der Waals surface area contributed by atoms with Crippen LogP contribution in [0.3, 0.4) is 0 Å². The number of esters is 1. The molecule has 4 bridgehead atoms. The van der Waals surface area contributed by atoms with Gasteiger partial charge in [-0.3, -0.25) is 14.0 Å². The van der Waals surface area contributed by atoms with Crippen LogP contribution in [0.2, 0.25) is 0 Å². The number of benzene rings is 1. The SMILES string of the molecule is CC=C(C)C(=O)OC1CCC2(C)C3CCC4C5(O)CC(O)C6(O)C(CN7CC(C)CCC7C6(C)O)C5(O)CC42OC13O.Cl.Nc1ccc(N=Nc2ccccc2)c(N)n1.O=S(=O)(O)O. The molecule has 9 rings (SSSR count). The first-order valence-electron chi connectivity index (χ1n) is 21.5. The first kappa shape index (κ1) is 50.0. The number of anilines is 2. The molecule has 4 heterocycles. The third-order valence-electron chi connectivity index (χ3n) is 16.0. The smallest absolute Gasteiger partial charge is 0.394 e. The van der Waals surface area contributed by atoms with E-state index in [-0.39, 0.29) is 43.7 Å². The second-order valence-electron chi connectivity index (χ2n) is 19.3. The van der Waals surface area contributed by atoms with Crippen LogP contribution in [0, 0.1) is 29.1 Å². The highest BCUT2D eigenvalue weighted by Gasteiger charge is 2.88. The number of allylic oxidation sites excluding steroid dienone is 1. The number of halogens is 1. The number of hydrogen-bond donors (Lipinski definition) is 10. The van der Waals surface area contributed by atoms with Crippen molar-refractivity contribution in [2.24, 2.45) is 39.3 Å². The molecule has 1 spiro atoms. The molecule has 2 aromatic rings. The Kier molecular flexibility index (Phi) is 13.3. The highest BCUT2D eigenvalue weighted by atomic mass is 35.5. The molecule has 3 saturated heterocycles. The number of piperidine rings is 2. The Morgan fingerprint density at radius 2 is 1.56 bits per heavy atom. The summed E-state index contributed by atoms with van der Waals surface area (Å²) in [6, 6.07) is 12.3. The van der Waals surface area contributed by atoms with Gasteiger partial charge in [-0.1, -0.05) is 38.1 Å². The Labute approximate surface area is 378 Å². The van der Waals surface area contributed by atoms with Gasteiger partial charge in [-0.05, 0) is 89.5 Å². The monoisotopic (exact) mass is 938 g/mol. The zero-order valence-electron chi connectivity index (χ0n) is 36.6. The normalized spacial score (nSPS) is 43.1. The van der Waals surface area contributed by atoms with Crippen molar-refractivity contribution in [1.82, 2.24) is 9.88 Å². The fourth-order valence-electron chi connectivity index (χ4n) is 13.0. The molecule has 356 valence electrons. The summed E-state index contributed by atoms with van der Waals surface area (Å²) in [6.07, 6.45) is 2.30. The predicted molar refractivity (Wildman–Crippen MR) is 235 cm³/mol. The van der Waals surface area contributed by atoms with E-state index < -0.39 is 85.5 Å². The molecule has 1 aromatic heterocycles. The number of nitrogens with two attached hydrogens (primary N) is 2. The van der Waals surface area contributed by atoms with E-state index in [2.05, 4.69) is 27.0 Å². The number of aromatic nitrogens is 1. The summed E-state index contributed by atoms with van der Waals surface area (Å²) in [5.41, 5.74) is 3.43. The van der Waals surface area contributed by atoms with Crippen molar-refractivity contribution in [3.05, 3.63) is 54.1 Å². The molecule has 7 fully saturated rings. The molecular weight excluding hydrogens is 876 g/mol. The number of rotatable bonds is 4. The molecule has 7 aliphatic rings. The number of pyridine rings is 1. The molecule has 4 aliphatic carbocycles. The summed E-state index contributed by atoms with van der Waals surface area (Å²) in [5, 5.41) is 82.0. The van der Waals surface area contributed by atoms with Crippen LogP contribution in [0.5, 0.6) is 0 Å². The van der Waals surface area contributed by atoms with Gasteiger partial charge in [0.1, 0.15) is 33.9 Å². The summed E-state index contributed by atoms with van der Waals surface area (Å²) in [4.78, 5) is 18.8. The molecule has 1 aromatic carbocycles. The lowest BCUT2D eigenvalue weighted by atomic mass is 9.49. The molecule has 14 unspecified atom stereocenters. The van der Waals surface area contributed by atoms with E-state index in [0.717, 1.165) is 12.1 Å². The van der Waals surface area contributed by atoms with Crippen LogP contribution < -0.4 is 11.5 Å². The number of hydrogen-bond acceptors (Lipinski definition) is 17. The third kappa shape index (κ3) is 7.74. The second kappa shape index (κ2) is 17.0.